The minimum Gasteiger partial charge on any atom is -0.462 e. The molecule has 0 heterocycles. The topological polar surface area (TPSA) is 26.3 Å². The molecule has 4 aliphatic carbocycles. The van der Waals surface area contributed by atoms with Crippen LogP contribution < -0.4 is 0 Å². The second-order valence-electron chi connectivity index (χ2n) is 14.1. The maximum atomic E-state index is 12.2. The minimum atomic E-state index is -0.0609. The van der Waals surface area contributed by atoms with E-state index in [1.165, 1.54) is 57.8 Å². The Morgan fingerprint density at radius 1 is 1.08 bits per heavy atom. The van der Waals surface area contributed by atoms with Gasteiger partial charge in [0.1, 0.15) is 6.10 Å². The number of fused-ring (bicyclic) bond motifs is 5. The van der Waals surface area contributed by atoms with Crippen molar-refractivity contribution in [3.8, 4) is 0 Å². The van der Waals surface area contributed by atoms with Gasteiger partial charge in [-0.05, 0) is 111 Å². The van der Waals surface area contributed by atoms with Gasteiger partial charge in [0.25, 0.3) is 0 Å². The molecule has 0 aromatic carbocycles. The molecule has 2 heteroatoms. The van der Waals surface area contributed by atoms with E-state index in [2.05, 4.69) is 47.6 Å². The normalized spacial score (nSPS) is 39.8. The molecule has 4 aliphatic rings. The predicted molar refractivity (Wildman–Crippen MR) is 152 cm³/mol. The maximum Gasteiger partial charge on any atom is 0.309 e. The third-order valence-corrected chi connectivity index (χ3v) is 12.1. The molecular formula is C34H56O2. The third-order valence-electron chi connectivity index (χ3n) is 12.1. The summed E-state index contributed by atoms with van der Waals surface area (Å²) >= 11 is 0. The highest BCUT2D eigenvalue weighted by atomic mass is 16.5. The van der Waals surface area contributed by atoms with Crippen LogP contribution in [0.1, 0.15) is 126 Å². The van der Waals surface area contributed by atoms with Crippen LogP contribution in [0.5, 0.6) is 0 Å². The Morgan fingerprint density at radius 2 is 1.86 bits per heavy atom. The molecule has 36 heavy (non-hydrogen) atoms. The molecule has 9 atom stereocenters. The fraction of sp³-hybridized carbons (Fsp3) is 0.853. The van der Waals surface area contributed by atoms with Crippen molar-refractivity contribution in [2.24, 2.45) is 52.3 Å². The molecule has 0 N–H and O–H groups in total. The Kier molecular flexibility index (Phi) is 8.83. The van der Waals surface area contributed by atoms with Gasteiger partial charge < -0.3 is 4.74 Å². The molecule has 0 unspecified atom stereocenters. The molecule has 0 amide bonds. The number of rotatable bonds is 9. The van der Waals surface area contributed by atoms with Crippen LogP contribution in [0.2, 0.25) is 0 Å². The van der Waals surface area contributed by atoms with Gasteiger partial charge in [-0.25, -0.2) is 0 Å². The first-order valence-electron chi connectivity index (χ1n) is 15.6. The van der Waals surface area contributed by atoms with Gasteiger partial charge in [0, 0.05) is 6.42 Å². The lowest BCUT2D eigenvalue weighted by Crippen LogP contribution is -2.51. The summed E-state index contributed by atoms with van der Waals surface area (Å²) < 4.78 is 5.88. The molecule has 0 bridgehead atoms. The summed E-state index contributed by atoms with van der Waals surface area (Å²) in [6, 6.07) is 0. The molecule has 0 aliphatic heterocycles. The lowest BCUT2D eigenvalue weighted by Gasteiger charge is -2.58. The van der Waals surface area contributed by atoms with Crippen LogP contribution in [0.3, 0.4) is 0 Å². The zero-order valence-electron chi connectivity index (χ0n) is 24.7. The van der Waals surface area contributed by atoms with Crippen LogP contribution in [0.4, 0.5) is 0 Å². The van der Waals surface area contributed by atoms with Gasteiger partial charge in [0.2, 0.25) is 0 Å². The van der Waals surface area contributed by atoms with Crippen molar-refractivity contribution >= 4 is 5.97 Å². The van der Waals surface area contributed by atoms with Gasteiger partial charge in [-0.3, -0.25) is 4.79 Å². The molecular weight excluding hydrogens is 440 g/mol. The average Bonchev–Trinajstić information content (AvgIpc) is 3.20. The van der Waals surface area contributed by atoms with Gasteiger partial charge in [-0.15, -0.1) is 0 Å². The molecule has 4 rings (SSSR count). The van der Waals surface area contributed by atoms with Gasteiger partial charge in [-0.1, -0.05) is 78.2 Å². The first kappa shape index (κ1) is 28.0. The van der Waals surface area contributed by atoms with Gasteiger partial charge in [0.15, 0.2) is 0 Å². The number of ether oxygens (including phenoxy) is 1. The Morgan fingerprint density at radius 3 is 2.56 bits per heavy atom. The summed E-state index contributed by atoms with van der Waals surface area (Å²) in [6.45, 7) is 17.0. The van der Waals surface area contributed by atoms with E-state index in [-0.39, 0.29) is 12.1 Å². The summed E-state index contributed by atoms with van der Waals surface area (Å²) in [7, 11) is 0. The van der Waals surface area contributed by atoms with Crippen LogP contribution >= 0.6 is 0 Å². The van der Waals surface area contributed by atoms with Crippen molar-refractivity contribution in [2.75, 3.05) is 0 Å². The van der Waals surface area contributed by atoms with Crippen LogP contribution in [0.15, 0.2) is 23.8 Å². The summed E-state index contributed by atoms with van der Waals surface area (Å²) in [5.41, 5.74) is 2.48. The van der Waals surface area contributed by atoms with Crippen LogP contribution in [-0.4, -0.2) is 12.1 Å². The number of hydrogen-bond acceptors (Lipinski definition) is 2. The zero-order valence-corrected chi connectivity index (χ0v) is 24.7. The SMILES string of the molecule is C/C=C/CC(=O)O[C@H]1CC[C@@]2(C)C(=CC[C@H]3[C@@H]4CC[C@H]([C@H](C)CC[C@@H](CC)C(C)C)[C@@]4(C)CC[C@@H]32)C1. The van der Waals surface area contributed by atoms with E-state index >= 15 is 0 Å². The Bertz CT molecular complexity index is 823. The van der Waals surface area contributed by atoms with E-state index in [0.717, 1.165) is 54.3 Å². The average molecular weight is 497 g/mol. The van der Waals surface area contributed by atoms with Gasteiger partial charge in [-0.2, -0.15) is 0 Å². The van der Waals surface area contributed by atoms with Crippen molar-refractivity contribution in [1.82, 2.24) is 0 Å². The maximum absolute atomic E-state index is 12.2. The molecule has 0 aromatic heterocycles. The van der Waals surface area contributed by atoms with Crippen molar-refractivity contribution in [1.29, 1.82) is 0 Å². The number of esters is 1. The number of hydrogen-bond donors (Lipinski definition) is 0. The van der Waals surface area contributed by atoms with Crippen molar-refractivity contribution in [2.45, 2.75) is 132 Å². The van der Waals surface area contributed by atoms with Gasteiger partial charge >= 0.3 is 5.97 Å². The summed E-state index contributed by atoms with van der Waals surface area (Å²) in [5, 5.41) is 0. The third kappa shape index (κ3) is 5.26. The molecule has 3 saturated carbocycles. The zero-order chi connectivity index (χ0) is 26.1. The molecule has 2 nitrogen and oxygen atoms in total. The molecule has 3 fully saturated rings. The highest BCUT2D eigenvalue weighted by Gasteiger charge is 2.59. The fourth-order valence-electron chi connectivity index (χ4n) is 9.84. The van der Waals surface area contributed by atoms with Crippen LogP contribution in [-0.2, 0) is 9.53 Å². The minimum absolute atomic E-state index is 0.0609. The Hall–Kier alpha value is -1.05. The van der Waals surface area contributed by atoms with Crippen LogP contribution in [0, 0.1) is 52.3 Å². The number of allylic oxidation sites excluding steroid dienone is 2. The fourth-order valence-corrected chi connectivity index (χ4v) is 9.84. The quantitative estimate of drug-likeness (QED) is 0.235. The lowest BCUT2D eigenvalue weighted by atomic mass is 9.47. The lowest BCUT2D eigenvalue weighted by molar-refractivity contribution is -0.150. The summed E-state index contributed by atoms with van der Waals surface area (Å²) in [5.74, 6) is 6.03. The predicted octanol–water partition coefficient (Wildman–Crippen LogP) is 9.54. The highest BCUT2D eigenvalue weighted by molar-refractivity contribution is 5.71. The molecule has 0 radical (unpaired) electrons. The van der Waals surface area contributed by atoms with Crippen molar-refractivity contribution in [3.05, 3.63) is 23.8 Å². The smallest absolute Gasteiger partial charge is 0.309 e. The first-order chi connectivity index (χ1) is 17.1. The molecule has 0 saturated heterocycles. The van der Waals surface area contributed by atoms with E-state index in [1.807, 2.05) is 19.1 Å². The molecule has 0 spiro atoms. The van der Waals surface area contributed by atoms with E-state index in [0.29, 0.717) is 17.3 Å². The van der Waals surface area contributed by atoms with E-state index in [1.54, 1.807) is 5.57 Å². The van der Waals surface area contributed by atoms with E-state index in [4.69, 9.17) is 4.74 Å². The van der Waals surface area contributed by atoms with E-state index < -0.39 is 0 Å². The van der Waals surface area contributed by atoms with E-state index in [9.17, 15) is 4.79 Å². The number of carbonyl (C=O) groups excluding carboxylic acids is 1. The molecule has 204 valence electrons. The second kappa shape index (κ2) is 11.4. The summed E-state index contributed by atoms with van der Waals surface area (Å²) in [4.78, 5) is 12.2. The Balaban J connectivity index is 1.42. The largest absolute Gasteiger partial charge is 0.462 e. The highest BCUT2D eigenvalue weighted by Crippen LogP contribution is 2.67. The second-order valence-corrected chi connectivity index (χ2v) is 14.1. The Labute approximate surface area is 223 Å². The van der Waals surface area contributed by atoms with Crippen molar-refractivity contribution in [3.63, 3.8) is 0 Å². The standard InChI is InChI=1S/C34H56O2/c1-8-10-11-32(35)36-27-18-20-33(6)26(22-27)14-15-28-30-17-16-29(34(30,7)21-19-31(28)33)24(5)12-13-25(9-2)23(3)4/h8,10,14,23-25,27-31H,9,11-13,15-22H2,1-7H3/b10-8+/t24-,25-,27+,28+,29-,30+,31+,33+,34-/m1/s1. The van der Waals surface area contributed by atoms with Crippen molar-refractivity contribution < 1.29 is 9.53 Å². The van der Waals surface area contributed by atoms with Crippen LogP contribution in [0.25, 0.3) is 0 Å². The monoisotopic (exact) mass is 496 g/mol. The number of carbonyl (C=O) groups is 1. The summed E-state index contributed by atoms with van der Waals surface area (Å²) in [6.07, 6.45) is 21.3. The molecule has 0 aromatic rings. The van der Waals surface area contributed by atoms with Gasteiger partial charge in [0.05, 0.1) is 6.42 Å². The first-order valence-corrected chi connectivity index (χ1v) is 15.6.